The minimum absolute atomic E-state index is 0.442. The Morgan fingerprint density at radius 2 is 1.72 bits per heavy atom. The second-order valence-electron chi connectivity index (χ2n) is 5.63. The van der Waals surface area contributed by atoms with Crippen LogP contribution in [-0.2, 0) is 4.79 Å². The van der Waals surface area contributed by atoms with Crippen LogP contribution in [-0.4, -0.2) is 28.5 Å². The molecule has 2 aromatic rings. The SMILES string of the molecule is Cc1cc(C(=O)NNC(=O)C(C)NC(N)=O)c(C)n1-c1ccccc1. The lowest BCUT2D eigenvalue weighted by atomic mass is 10.2. The van der Waals surface area contributed by atoms with Gasteiger partial charge >= 0.3 is 6.03 Å². The van der Waals surface area contributed by atoms with Gasteiger partial charge in [0.1, 0.15) is 6.04 Å². The maximum atomic E-state index is 12.4. The predicted molar refractivity (Wildman–Crippen MR) is 93.0 cm³/mol. The van der Waals surface area contributed by atoms with Gasteiger partial charge in [-0.1, -0.05) is 18.2 Å². The number of aryl methyl sites for hydroxylation is 1. The lowest BCUT2D eigenvalue weighted by Crippen LogP contribution is -2.52. The Hall–Kier alpha value is -3.29. The van der Waals surface area contributed by atoms with Gasteiger partial charge in [0.05, 0.1) is 5.56 Å². The molecule has 0 aliphatic carbocycles. The van der Waals surface area contributed by atoms with Gasteiger partial charge in [0.25, 0.3) is 11.8 Å². The van der Waals surface area contributed by atoms with Crippen LogP contribution < -0.4 is 21.9 Å². The zero-order valence-electron chi connectivity index (χ0n) is 14.3. The Labute approximate surface area is 145 Å². The molecule has 2 rings (SSSR count). The molecule has 0 aliphatic heterocycles. The lowest BCUT2D eigenvalue weighted by molar-refractivity contribution is -0.123. The van der Waals surface area contributed by atoms with Crippen LogP contribution in [0.2, 0.25) is 0 Å². The highest BCUT2D eigenvalue weighted by atomic mass is 16.2. The second-order valence-corrected chi connectivity index (χ2v) is 5.63. The van der Waals surface area contributed by atoms with Gasteiger partial charge in [-0.05, 0) is 39.0 Å². The number of nitrogens with zero attached hydrogens (tertiary/aromatic N) is 1. The van der Waals surface area contributed by atoms with Crippen molar-refractivity contribution in [1.29, 1.82) is 0 Å². The molecule has 0 saturated carbocycles. The van der Waals surface area contributed by atoms with E-state index in [0.717, 1.165) is 17.1 Å². The van der Waals surface area contributed by atoms with Crippen molar-refractivity contribution in [3.63, 3.8) is 0 Å². The minimum Gasteiger partial charge on any atom is -0.352 e. The van der Waals surface area contributed by atoms with Crippen LogP contribution in [0.15, 0.2) is 36.4 Å². The number of hydrogen-bond donors (Lipinski definition) is 4. The average Bonchev–Trinajstić information content (AvgIpc) is 2.87. The summed E-state index contributed by atoms with van der Waals surface area (Å²) in [5.74, 6) is -1.03. The molecule has 8 heteroatoms. The minimum atomic E-state index is -0.866. The van der Waals surface area contributed by atoms with Crippen LogP contribution in [0.5, 0.6) is 0 Å². The molecule has 4 amide bonds. The van der Waals surface area contributed by atoms with E-state index < -0.39 is 23.9 Å². The Morgan fingerprint density at radius 1 is 1.08 bits per heavy atom. The zero-order chi connectivity index (χ0) is 18.6. The third kappa shape index (κ3) is 4.17. The molecule has 0 spiro atoms. The number of nitrogens with two attached hydrogens (primary N) is 1. The Bertz CT molecular complexity index is 798. The molecule has 5 N–H and O–H groups in total. The zero-order valence-corrected chi connectivity index (χ0v) is 14.3. The van der Waals surface area contributed by atoms with E-state index in [0.29, 0.717) is 5.56 Å². The molecule has 1 aromatic heterocycles. The molecule has 0 bridgehead atoms. The van der Waals surface area contributed by atoms with Gasteiger partial charge in [-0.3, -0.25) is 20.4 Å². The number of primary amides is 1. The fraction of sp³-hybridized carbons (Fsp3) is 0.235. The average molecular weight is 343 g/mol. The van der Waals surface area contributed by atoms with Crippen LogP contribution in [0.25, 0.3) is 5.69 Å². The van der Waals surface area contributed by atoms with Crippen LogP contribution >= 0.6 is 0 Å². The fourth-order valence-corrected chi connectivity index (χ4v) is 2.54. The molecule has 1 aromatic carbocycles. The number of nitrogens with one attached hydrogen (secondary N) is 3. The normalized spacial score (nSPS) is 11.5. The number of rotatable bonds is 4. The van der Waals surface area contributed by atoms with E-state index in [9.17, 15) is 14.4 Å². The first-order valence-corrected chi connectivity index (χ1v) is 7.71. The smallest absolute Gasteiger partial charge is 0.312 e. The summed E-state index contributed by atoms with van der Waals surface area (Å²) in [5, 5.41) is 2.22. The van der Waals surface area contributed by atoms with Crippen molar-refractivity contribution in [1.82, 2.24) is 20.7 Å². The van der Waals surface area contributed by atoms with Crippen LogP contribution in [0.4, 0.5) is 4.79 Å². The summed E-state index contributed by atoms with van der Waals surface area (Å²) < 4.78 is 1.95. The topological polar surface area (TPSA) is 118 Å². The van der Waals surface area contributed by atoms with Crippen molar-refractivity contribution < 1.29 is 14.4 Å². The number of carbonyl (C=O) groups excluding carboxylic acids is 3. The van der Waals surface area contributed by atoms with E-state index in [4.69, 9.17) is 5.73 Å². The number of para-hydroxylation sites is 1. The van der Waals surface area contributed by atoms with Gasteiger partial charge in [0.15, 0.2) is 0 Å². The van der Waals surface area contributed by atoms with Crippen molar-refractivity contribution in [2.75, 3.05) is 0 Å². The van der Waals surface area contributed by atoms with Crippen molar-refractivity contribution >= 4 is 17.8 Å². The lowest BCUT2D eigenvalue weighted by Gasteiger charge is -2.13. The molecule has 0 radical (unpaired) electrons. The predicted octanol–water partition coefficient (Wildman–Crippen LogP) is 0.912. The van der Waals surface area contributed by atoms with E-state index in [1.54, 1.807) is 6.07 Å². The molecule has 132 valence electrons. The number of hydrogen-bond acceptors (Lipinski definition) is 3. The summed E-state index contributed by atoms with van der Waals surface area (Å²) in [4.78, 5) is 34.9. The summed E-state index contributed by atoms with van der Waals surface area (Å²) in [5.41, 5.74) is 12.6. The number of aromatic nitrogens is 1. The standard InChI is InChI=1S/C17H21N5O3/c1-10-9-14(12(3)22(10)13-7-5-4-6-8-13)16(24)21-20-15(23)11(2)19-17(18)25/h4-9,11H,1-3H3,(H,20,23)(H,21,24)(H3,18,19,25). The van der Waals surface area contributed by atoms with Crippen molar-refractivity contribution in [2.45, 2.75) is 26.8 Å². The van der Waals surface area contributed by atoms with E-state index >= 15 is 0 Å². The molecule has 0 aliphatic rings. The van der Waals surface area contributed by atoms with Gasteiger partial charge in [0, 0.05) is 17.1 Å². The molecular weight excluding hydrogens is 322 g/mol. The second kappa shape index (κ2) is 7.52. The first kappa shape index (κ1) is 18.1. The molecule has 0 saturated heterocycles. The first-order valence-electron chi connectivity index (χ1n) is 7.71. The number of carbonyl (C=O) groups is 3. The van der Waals surface area contributed by atoms with Crippen LogP contribution in [0, 0.1) is 13.8 Å². The van der Waals surface area contributed by atoms with Crippen LogP contribution in [0.3, 0.4) is 0 Å². The molecule has 1 unspecified atom stereocenters. The van der Waals surface area contributed by atoms with E-state index in [1.807, 2.05) is 48.7 Å². The molecule has 1 heterocycles. The molecule has 1 atom stereocenters. The van der Waals surface area contributed by atoms with Crippen molar-refractivity contribution in [3.05, 3.63) is 53.3 Å². The molecule has 25 heavy (non-hydrogen) atoms. The third-order valence-electron chi connectivity index (χ3n) is 3.74. The van der Waals surface area contributed by atoms with Gasteiger partial charge in [0.2, 0.25) is 0 Å². The largest absolute Gasteiger partial charge is 0.352 e. The van der Waals surface area contributed by atoms with Gasteiger partial charge in [-0.25, -0.2) is 4.79 Å². The molecule has 8 nitrogen and oxygen atoms in total. The maximum Gasteiger partial charge on any atom is 0.312 e. The molecular formula is C17H21N5O3. The summed E-state index contributed by atoms with van der Waals surface area (Å²) in [6.07, 6.45) is 0. The quantitative estimate of drug-likeness (QED) is 0.618. The highest BCUT2D eigenvalue weighted by molar-refractivity contribution is 5.97. The maximum absolute atomic E-state index is 12.4. The Morgan fingerprint density at radius 3 is 2.32 bits per heavy atom. The van der Waals surface area contributed by atoms with Crippen molar-refractivity contribution in [2.24, 2.45) is 5.73 Å². The highest BCUT2D eigenvalue weighted by Gasteiger charge is 2.19. The van der Waals surface area contributed by atoms with Gasteiger partial charge in [-0.15, -0.1) is 0 Å². The van der Waals surface area contributed by atoms with E-state index in [-0.39, 0.29) is 0 Å². The third-order valence-corrected chi connectivity index (χ3v) is 3.74. The number of hydrazine groups is 1. The van der Waals surface area contributed by atoms with Gasteiger partial charge in [-0.2, -0.15) is 0 Å². The van der Waals surface area contributed by atoms with E-state index in [1.165, 1.54) is 6.92 Å². The monoisotopic (exact) mass is 343 g/mol. The summed E-state index contributed by atoms with van der Waals surface area (Å²) in [6.45, 7) is 5.18. The number of urea groups is 1. The Kier molecular flexibility index (Phi) is 5.43. The number of amides is 4. The summed E-state index contributed by atoms with van der Waals surface area (Å²) in [7, 11) is 0. The van der Waals surface area contributed by atoms with E-state index in [2.05, 4.69) is 16.2 Å². The molecule has 0 fully saturated rings. The first-order chi connectivity index (χ1) is 11.8. The summed E-state index contributed by atoms with van der Waals surface area (Å²) >= 11 is 0. The summed E-state index contributed by atoms with van der Waals surface area (Å²) in [6, 6.07) is 9.70. The fourth-order valence-electron chi connectivity index (χ4n) is 2.54. The Balaban J connectivity index is 2.11. The highest BCUT2D eigenvalue weighted by Crippen LogP contribution is 2.20. The number of benzene rings is 1. The van der Waals surface area contributed by atoms with Crippen molar-refractivity contribution in [3.8, 4) is 5.69 Å². The van der Waals surface area contributed by atoms with Crippen LogP contribution in [0.1, 0.15) is 28.7 Å². The van der Waals surface area contributed by atoms with Gasteiger partial charge < -0.3 is 15.6 Å².